The third-order valence-corrected chi connectivity index (χ3v) is 3.35. The van der Waals surface area contributed by atoms with E-state index in [0.717, 1.165) is 5.69 Å². The summed E-state index contributed by atoms with van der Waals surface area (Å²) in [5.41, 5.74) is 9.01. The third-order valence-electron chi connectivity index (χ3n) is 3.35. The van der Waals surface area contributed by atoms with Crippen LogP contribution in [-0.4, -0.2) is 6.04 Å². The molecule has 0 aliphatic heterocycles. The molecule has 19 heavy (non-hydrogen) atoms. The highest BCUT2D eigenvalue weighted by atomic mass is 15.2. The summed E-state index contributed by atoms with van der Waals surface area (Å²) >= 11 is 0. The smallest absolute Gasteiger partial charge is 0.0414 e. The van der Waals surface area contributed by atoms with Crippen LogP contribution in [0.3, 0.4) is 0 Å². The average molecular weight is 254 g/mol. The fraction of sp³-hybridized carbons (Fsp3) is 0.294. The molecule has 100 valence electrons. The first-order chi connectivity index (χ1) is 9.22. The van der Waals surface area contributed by atoms with Gasteiger partial charge < -0.3 is 10.6 Å². The molecule has 1 atom stereocenters. The van der Waals surface area contributed by atoms with Gasteiger partial charge in [0.1, 0.15) is 0 Å². The number of para-hydroxylation sites is 1. The van der Waals surface area contributed by atoms with Crippen molar-refractivity contribution in [1.29, 1.82) is 0 Å². The van der Waals surface area contributed by atoms with Crippen molar-refractivity contribution < 1.29 is 0 Å². The van der Waals surface area contributed by atoms with E-state index in [1.54, 1.807) is 0 Å². The second-order valence-corrected chi connectivity index (χ2v) is 4.93. The Labute approximate surface area is 115 Å². The normalized spacial score (nSPS) is 12.1. The fourth-order valence-corrected chi connectivity index (χ4v) is 2.43. The highest BCUT2D eigenvalue weighted by Gasteiger charge is 2.15. The van der Waals surface area contributed by atoms with Crippen LogP contribution in [0.4, 0.5) is 17.1 Å². The molecule has 2 nitrogen and oxygen atoms in total. The van der Waals surface area contributed by atoms with Crippen LogP contribution in [0.2, 0.25) is 0 Å². The van der Waals surface area contributed by atoms with Crippen molar-refractivity contribution in [1.82, 2.24) is 0 Å². The minimum atomic E-state index is 0.469. The summed E-state index contributed by atoms with van der Waals surface area (Å²) in [4.78, 5) is 2.38. The van der Waals surface area contributed by atoms with E-state index in [1.807, 2.05) is 12.1 Å². The molecular weight excluding hydrogens is 232 g/mol. The van der Waals surface area contributed by atoms with Gasteiger partial charge in [-0.25, -0.2) is 0 Å². The summed E-state index contributed by atoms with van der Waals surface area (Å²) in [5, 5.41) is 0. The topological polar surface area (TPSA) is 29.3 Å². The van der Waals surface area contributed by atoms with Gasteiger partial charge in [-0.15, -0.1) is 0 Å². The molecule has 0 amide bonds. The highest BCUT2D eigenvalue weighted by Crippen LogP contribution is 2.29. The molecule has 1 unspecified atom stereocenters. The lowest BCUT2D eigenvalue weighted by Gasteiger charge is -2.31. The summed E-state index contributed by atoms with van der Waals surface area (Å²) in [5.74, 6) is 0. The van der Waals surface area contributed by atoms with Gasteiger partial charge in [-0.3, -0.25) is 0 Å². The molecule has 2 N–H and O–H groups in total. The fourth-order valence-electron chi connectivity index (χ4n) is 2.43. The summed E-state index contributed by atoms with van der Waals surface area (Å²) in [6.07, 6.45) is 2.35. The molecular formula is C17H22N2. The van der Waals surface area contributed by atoms with E-state index in [4.69, 9.17) is 5.73 Å². The standard InChI is InChI=1S/C17H22N2/c1-3-7-14(2)19(16-8-5-4-6-9-16)17-12-10-15(18)11-13-17/h4-6,8-14H,3,7,18H2,1-2H3. The monoisotopic (exact) mass is 254 g/mol. The summed E-state index contributed by atoms with van der Waals surface area (Å²) in [7, 11) is 0. The maximum Gasteiger partial charge on any atom is 0.0414 e. The largest absolute Gasteiger partial charge is 0.399 e. The zero-order chi connectivity index (χ0) is 13.7. The van der Waals surface area contributed by atoms with E-state index in [9.17, 15) is 0 Å². The Morgan fingerprint density at radius 2 is 1.53 bits per heavy atom. The van der Waals surface area contributed by atoms with E-state index < -0.39 is 0 Å². The van der Waals surface area contributed by atoms with Crippen LogP contribution >= 0.6 is 0 Å². The molecule has 2 heteroatoms. The van der Waals surface area contributed by atoms with Gasteiger partial charge in [-0.1, -0.05) is 31.5 Å². The molecule has 0 aliphatic rings. The molecule has 0 aromatic heterocycles. The lowest BCUT2D eigenvalue weighted by atomic mass is 10.1. The second kappa shape index (κ2) is 6.28. The minimum absolute atomic E-state index is 0.469. The van der Waals surface area contributed by atoms with Gasteiger partial charge in [-0.05, 0) is 49.7 Å². The molecule has 0 heterocycles. The third kappa shape index (κ3) is 3.28. The predicted molar refractivity (Wildman–Crippen MR) is 83.8 cm³/mol. The molecule has 2 rings (SSSR count). The Morgan fingerprint density at radius 3 is 2.11 bits per heavy atom. The number of hydrogen-bond acceptors (Lipinski definition) is 2. The molecule has 0 spiro atoms. The van der Waals surface area contributed by atoms with Crippen LogP contribution in [0.5, 0.6) is 0 Å². The van der Waals surface area contributed by atoms with Crippen LogP contribution in [0, 0.1) is 0 Å². The van der Waals surface area contributed by atoms with Crippen molar-refractivity contribution in [2.24, 2.45) is 0 Å². The van der Waals surface area contributed by atoms with Crippen molar-refractivity contribution >= 4 is 17.1 Å². The van der Waals surface area contributed by atoms with Gasteiger partial charge in [0.15, 0.2) is 0 Å². The Bertz CT molecular complexity index is 490. The van der Waals surface area contributed by atoms with E-state index >= 15 is 0 Å². The summed E-state index contributed by atoms with van der Waals surface area (Å²) in [6, 6.07) is 19.1. The van der Waals surface area contributed by atoms with Crippen molar-refractivity contribution in [3.8, 4) is 0 Å². The van der Waals surface area contributed by atoms with Gasteiger partial charge in [0.25, 0.3) is 0 Å². The Hall–Kier alpha value is -1.96. The maximum absolute atomic E-state index is 5.78. The highest BCUT2D eigenvalue weighted by molar-refractivity contribution is 5.65. The maximum atomic E-state index is 5.78. The molecule has 0 bridgehead atoms. The average Bonchev–Trinajstić information content (AvgIpc) is 2.43. The van der Waals surface area contributed by atoms with Crippen LogP contribution in [-0.2, 0) is 0 Å². The van der Waals surface area contributed by atoms with Crippen LogP contribution in [0.15, 0.2) is 54.6 Å². The van der Waals surface area contributed by atoms with Gasteiger partial charge in [-0.2, -0.15) is 0 Å². The first-order valence-electron chi connectivity index (χ1n) is 6.92. The van der Waals surface area contributed by atoms with Crippen molar-refractivity contribution in [2.45, 2.75) is 32.7 Å². The van der Waals surface area contributed by atoms with Crippen molar-refractivity contribution in [2.75, 3.05) is 10.6 Å². The number of benzene rings is 2. The first kappa shape index (κ1) is 13.5. The van der Waals surface area contributed by atoms with Crippen molar-refractivity contribution in [3.05, 3.63) is 54.6 Å². The van der Waals surface area contributed by atoms with Crippen LogP contribution in [0.1, 0.15) is 26.7 Å². The molecule has 0 fully saturated rings. The quantitative estimate of drug-likeness (QED) is 0.790. The molecule has 0 aliphatic carbocycles. The van der Waals surface area contributed by atoms with E-state index in [0.29, 0.717) is 6.04 Å². The van der Waals surface area contributed by atoms with E-state index in [-0.39, 0.29) is 0 Å². The number of anilines is 3. The predicted octanol–water partition coefficient (Wildman–Crippen LogP) is 4.60. The number of nitrogens with two attached hydrogens (primary N) is 1. The second-order valence-electron chi connectivity index (χ2n) is 4.93. The van der Waals surface area contributed by atoms with Crippen molar-refractivity contribution in [3.63, 3.8) is 0 Å². The van der Waals surface area contributed by atoms with Crippen LogP contribution in [0.25, 0.3) is 0 Å². The Morgan fingerprint density at radius 1 is 0.947 bits per heavy atom. The van der Waals surface area contributed by atoms with E-state index in [1.165, 1.54) is 24.2 Å². The summed E-state index contributed by atoms with van der Waals surface area (Å²) in [6.45, 7) is 4.50. The van der Waals surface area contributed by atoms with Crippen LogP contribution < -0.4 is 10.6 Å². The van der Waals surface area contributed by atoms with E-state index in [2.05, 4.69) is 61.2 Å². The first-order valence-corrected chi connectivity index (χ1v) is 6.92. The SMILES string of the molecule is CCCC(C)N(c1ccccc1)c1ccc(N)cc1. The van der Waals surface area contributed by atoms with Gasteiger partial charge in [0.2, 0.25) is 0 Å². The zero-order valence-corrected chi connectivity index (χ0v) is 11.7. The number of nitrogens with zero attached hydrogens (tertiary/aromatic N) is 1. The van der Waals surface area contributed by atoms with Gasteiger partial charge >= 0.3 is 0 Å². The van der Waals surface area contributed by atoms with Gasteiger partial charge in [0.05, 0.1) is 0 Å². The molecule has 0 radical (unpaired) electrons. The zero-order valence-electron chi connectivity index (χ0n) is 11.7. The Kier molecular flexibility index (Phi) is 4.45. The lowest BCUT2D eigenvalue weighted by Crippen LogP contribution is -2.28. The lowest BCUT2D eigenvalue weighted by molar-refractivity contribution is 0.634. The number of nitrogen functional groups attached to an aromatic ring is 1. The molecule has 0 saturated carbocycles. The van der Waals surface area contributed by atoms with Gasteiger partial charge in [0, 0.05) is 23.1 Å². The Balaban J connectivity index is 2.37. The summed E-state index contributed by atoms with van der Waals surface area (Å²) < 4.78 is 0. The molecule has 2 aromatic rings. The minimum Gasteiger partial charge on any atom is -0.399 e. The number of hydrogen-bond donors (Lipinski definition) is 1. The molecule has 2 aromatic carbocycles. The molecule has 0 saturated heterocycles. The number of rotatable bonds is 5.